The Bertz CT molecular complexity index is 423. The van der Waals surface area contributed by atoms with E-state index in [4.69, 9.17) is 4.74 Å². The van der Waals surface area contributed by atoms with Crippen molar-refractivity contribution in [1.29, 1.82) is 0 Å². The summed E-state index contributed by atoms with van der Waals surface area (Å²) in [6, 6.07) is 0. The standard InChI is InChI=1S/C10H11N3O3/c1-2-16-10(15)8-9(14)13-6-4-3-5-7(13)11-12-8/h3-6,9,14H,2H2,1H3. The summed E-state index contributed by atoms with van der Waals surface area (Å²) in [6.07, 6.45) is 5.67. The molecule has 1 atom stereocenters. The number of amidine groups is 1. The van der Waals surface area contributed by atoms with Gasteiger partial charge in [0, 0.05) is 6.20 Å². The van der Waals surface area contributed by atoms with Crippen LogP contribution in [-0.2, 0) is 9.53 Å². The molecule has 0 aromatic carbocycles. The zero-order chi connectivity index (χ0) is 11.5. The van der Waals surface area contributed by atoms with Gasteiger partial charge in [-0.25, -0.2) is 4.79 Å². The number of carbonyl (C=O) groups excluding carboxylic acids is 1. The maximum absolute atomic E-state index is 11.4. The molecule has 0 spiro atoms. The van der Waals surface area contributed by atoms with E-state index in [2.05, 4.69) is 10.2 Å². The molecule has 2 rings (SSSR count). The van der Waals surface area contributed by atoms with Crippen molar-refractivity contribution in [1.82, 2.24) is 4.90 Å². The number of esters is 1. The average molecular weight is 221 g/mol. The van der Waals surface area contributed by atoms with Gasteiger partial charge in [0.15, 0.2) is 17.8 Å². The SMILES string of the molecule is CCOC(=O)C1=NN=C2C=CC=CN2C1O. The molecule has 0 amide bonds. The molecule has 1 unspecified atom stereocenters. The second-order valence-electron chi connectivity index (χ2n) is 3.15. The van der Waals surface area contributed by atoms with Crippen LogP contribution in [0.1, 0.15) is 6.92 Å². The second kappa shape index (κ2) is 4.28. The summed E-state index contributed by atoms with van der Waals surface area (Å²) >= 11 is 0. The van der Waals surface area contributed by atoms with Crippen LogP contribution in [0.4, 0.5) is 0 Å². The molecule has 6 nitrogen and oxygen atoms in total. The van der Waals surface area contributed by atoms with Gasteiger partial charge in [-0.2, -0.15) is 0 Å². The number of aliphatic hydroxyl groups excluding tert-OH is 1. The number of nitrogens with zero attached hydrogens (tertiary/aromatic N) is 3. The molecule has 16 heavy (non-hydrogen) atoms. The van der Waals surface area contributed by atoms with Gasteiger partial charge in [-0.3, -0.25) is 4.90 Å². The minimum atomic E-state index is -1.15. The maximum Gasteiger partial charge on any atom is 0.359 e. The Labute approximate surface area is 92.2 Å². The predicted molar refractivity (Wildman–Crippen MR) is 57.6 cm³/mol. The van der Waals surface area contributed by atoms with E-state index < -0.39 is 12.2 Å². The van der Waals surface area contributed by atoms with Gasteiger partial charge >= 0.3 is 5.97 Å². The Morgan fingerprint density at radius 3 is 3.12 bits per heavy atom. The zero-order valence-electron chi connectivity index (χ0n) is 8.70. The summed E-state index contributed by atoms with van der Waals surface area (Å²) in [6.45, 7) is 1.92. The number of fused-ring (bicyclic) bond motifs is 1. The number of ether oxygens (including phenoxy) is 1. The first-order valence-corrected chi connectivity index (χ1v) is 4.88. The molecule has 84 valence electrons. The van der Waals surface area contributed by atoms with Gasteiger partial charge in [0.1, 0.15) is 0 Å². The van der Waals surface area contributed by atoms with E-state index in [-0.39, 0.29) is 12.3 Å². The summed E-state index contributed by atoms with van der Waals surface area (Å²) in [4.78, 5) is 12.9. The van der Waals surface area contributed by atoms with Crippen LogP contribution < -0.4 is 0 Å². The third-order valence-electron chi connectivity index (χ3n) is 2.12. The molecule has 0 saturated carbocycles. The predicted octanol–water partition coefficient (Wildman–Crippen LogP) is 0.0215. The highest BCUT2D eigenvalue weighted by Gasteiger charge is 2.32. The van der Waals surface area contributed by atoms with Gasteiger partial charge in [0.2, 0.25) is 0 Å². The van der Waals surface area contributed by atoms with E-state index in [0.717, 1.165) is 0 Å². The van der Waals surface area contributed by atoms with Crippen molar-refractivity contribution in [2.75, 3.05) is 6.61 Å². The highest BCUT2D eigenvalue weighted by Crippen LogP contribution is 2.13. The van der Waals surface area contributed by atoms with E-state index in [0.29, 0.717) is 5.84 Å². The number of rotatable bonds is 2. The van der Waals surface area contributed by atoms with E-state index in [1.54, 1.807) is 31.4 Å². The Morgan fingerprint density at radius 1 is 1.56 bits per heavy atom. The fourth-order valence-electron chi connectivity index (χ4n) is 1.38. The highest BCUT2D eigenvalue weighted by molar-refractivity contribution is 6.39. The van der Waals surface area contributed by atoms with Crippen LogP contribution in [0.25, 0.3) is 0 Å². The third-order valence-corrected chi connectivity index (χ3v) is 2.12. The molecule has 6 heteroatoms. The van der Waals surface area contributed by atoms with Gasteiger partial charge in [0.25, 0.3) is 0 Å². The first-order chi connectivity index (χ1) is 7.74. The van der Waals surface area contributed by atoms with Crippen LogP contribution in [0.15, 0.2) is 34.6 Å². The van der Waals surface area contributed by atoms with Crippen molar-refractivity contribution < 1.29 is 14.6 Å². The van der Waals surface area contributed by atoms with Crippen LogP contribution in [0.3, 0.4) is 0 Å². The van der Waals surface area contributed by atoms with Gasteiger partial charge < -0.3 is 9.84 Å². The van der Waals surface area contributed by atoms with Crippen LogP contribution in [0.2, 0.25) is 0 Å². The highest BCUT2D eigenvalue weighted by atomic mass is 16.5. The van der Waals surface area contributed by atoms with Gasteiger partial charge in [0.05, 0.1) is 6.61 Å². The molecular weight excluding hydrogens is 210 g/mol. The van der Waals surface area contributed by atoms with Gasteiger partial charge in [-0.05, 0) is 19.1 Å². The van der Waals surface area contributed by atoms with E-state index in [9.17, 15) is 9.90 Å². The normalized spacial score (nSPS) is 22.4. The fraction of sp³-hybridized carbons (Fsp3) is 0.300. The number of hydrogen-bond donors (Lipinski definition) is 1. The summed E-state index contributed by atoms with van der Waals surface area (Å²) in [5.74, 6) is -0.163. The monoisotopic (exact) mass is 221 g/mol. The number of hydrogen-bond acceptors (Lipinski definition) is 6. The molecule has 0 aliphatic carbocycles. The van der Waals surface area contributed by atoms with Crippen molar-refractivity contribution >= 4 is 17.5 Å². The van der Waals surface area contributed by atoms with Crippen molar-refractivity contribution in [2.45, 2.75) is 13.2 Å². The summed E-state index contributed by atoms with van der Waals surface area (Å²) in [5, 5.41) is 17.4. The number of carbonyl (C=O) groups is 1. The Hall–Kier alpha value is -1.95. The van der Waals surface area contributed by atoms with E-state index in [1.165, 1.54) is 4.90 Å². The maximum atomic E-state index is 11.4. The Kier molecular flexibility index (Phi) is 2.82. The lowest BCUT2D eigenvalue weighted by Crippen LogP contribution is -2.47. The van der Waals surface area contributed by atoms with E-state index in [1.807, 2.05) is 0 Å². The van der Waals surface area contributed by atoms with Crippen LogP contribution in [-0.4, -0.2) is 40.4 Å². The first kappa shape index (κ1) is 10.6. The van der Waals surface area contributed by atoms with Crippen LogP contribution in [0.5, 0.6) is 0 Å². The topological polar surface area (TPSA) is 74.5 Å². The molecule has 2 aliphatic heterocycles. The smallest absolute Gasteiger partial charge is 0.359 e. The second-order valence-corrected chi connectivity index (χ2v) is 3.15. The van der Waals surface area contributed by atoms with Crippen molar-refractivity contribution in [3.8, 4) is 0 Å². The largest absolute Gasteiger partial charge is 0.461 e. The molecule has 0 aromatic heterocycles. The molecule has 0 saturated heterocycles. The molecular formula is C10H11N3O3. The average Bonchev–Trinajstić information content (AvgIpc) is 2.30. The van der Waals surface area contributed by atoms with Crippen molar-refractivity contribution in [3.63, 3.8) is 0 Å². The minimum Gasteiger partial charge on any atom is -0.461 e. The molecule has 2 aliphatic rings. The Morgan fingerprint density at radius 2 is 2.38 bits per heavy atom. The van der Waals surface area contributed by atoms with Gasteiger partial charge in [-0.1, -0.05) is 6.08 Å². The lowest BCUT2D eigenvalue weighted by Gasteiger charge is -2.29. The summed E-state index contributed by atoms with van der Waals surface area (Å²) < 4.78 is 4.76. The van der Waals surface area contributed by atoms with E-state index >= 15 is 0 Å². The van der Waals surface area contributed by atoms with Crippen LogP contribution >= 0.6 is 0 Å². The minimum absolute atomic E-state index is 0.106. The van der Waals surface area contributed by atoms with Crippen LogP contribution in [0, 0.1) is 0 Å². The quantitative estimate of drug-likeness (QED) is 0.667. The molecule has 0 aromatic rings. The number of allylic oxidation sites excluding steroid dienone is 2. The van der Waals surface area contributed by atoms with Crippen molar-refractivity contribution in [2.24, 2.45) is 10.2 Å². The third kappa shape index (κ3) is 1.74. The molecule has 2 heterocycles. The molecule has 1 N–H and O–H groups in total. The summed E-state index contributed by atoms with van der Waals surface area (Å²) in [5.41, 5.74) is -0.106. The number of aliphatic hydroxyl groups is 1. The van der Waals surface area contributed by atoms with Gasteiger partial charge in [-0.15, -0.1) is 10.2 Å². The first-order valence-electron chi connectivity index (χ1n) is 4.88. The molecule has 0 fully saturated rings. The Balaban J connectivity index is 2.25. The summed E-state index contributed by atoms with van der Waals surface area (Å²) in [7, 11) is 0. The fourth-order valence-corrected chi connectivity index (χ4v) is 1.38. The van der Waals surface area contributed by atoms with Crippen molar-refractivity contribution in [3.05, 3.63) is 24.4 Å². The lowest BCUT2D eigenvalue weighted by molar-refractivity contribution is -0.135. The zero-order valence-corrected chi connectivity index (χ0v) is 8.70. The molecule has 0 radical (unpaired) electrons. The lowest BCUT2D eigenvalue weighted by atomic mass is 10.2. The molecule has 0 bridgehead atoms.